The Morgan fingerprint density at radius 2 is 2.04 bits per heavy atom. The second kappa shape index (κ2) is 8.62. The van der Waals surface area contributed by atoms with Gasteiger partial charge in [0.1, 0.15) is 6.61 Å². The van der Waals surface area contributed by atoms with Gasteiger partial charge in [-0.1, -0.05) is 0 Å². The highest BCUT2D eigenvalue weighted by Gasteiger charge is 2.28. The van der Waals surface area contributed by atoms with E-state index in [0.717, 1.165) is 25.9 Å². The first kappa shape index (κ1) is 21.7. The third-order valence-electron chi connectivity index (χ3n) is 4.92. The molecule has 0 aliphatic carbocycles. The number of carbonyl (C=O) groups is 1. The van der Waals surface area contributed by atoms with E-state index in [1.807, 2.05) is 6.92 Å². The van der Waals surface area contributed by atoms with Gasteiger partial charge in [-0.2, -0.15) is 5.10 Å². The van der Waals surface area contributed by atoms with Crippen molar-refractivity contribution in [2.24, 2.45) is 13.0 Å². The largest absolute Gasteiger partial charge is 0.475 e. The molecule has 8 nitrogen and oxygen atoms in total. The van der Waals surface area contributed by atoms with Crippen molar-refractivity contribution < 1.29 is 17.9 Å². The zero-order valence-electron chi connectivity index (χ0n) is 15.8. The second-order valence-corrected chi connectivity index (χ2v) is 9.12. The Hall–Kier alpha value is -1.58. The maximum atomic E-state index is 12.6. The molecular formula is C17H27ClN4O4S. The number of amides is 1. The van der Waals surface area contributed by atoms with Gasteiger partial charge in [-0.15, -0.1) is 12.4 Å². The van der Waals surface area contributed by atoms with Crippen LogP contribution in [0.5, 0.6) is 5.88 Å². The zero-order valence-corrected chi connectivity index (χ0v) is 17.5. The predicted octanol–water partition coefficient (Wildman–Crippen LogP) is 0.803. The van der Waals surface area contributed by atoms with Crippen LogP contribution >= 0.6 is 12.4 Å². The molecule has 10 heteroatoms. The summed E-state index contributed by atoms with van der Waals surface area (Å²) in [7, 11) is -1.65. The lowest BCUT2D eigenvalue weighted by Crippen LogP contribution is -2.45. The van der Waals surface area contributed by atoms with Crippen LogP contribution in [-0.2, 0) is 21.7 Å². The van der Waals surface area contributed by atoms with Gasteiger partial charge in [0, 0.05) is 30.5 Å². The van der Waals surface area contributed by atoms with E-state index in [1.54, 1.807) is 17.8 Å². The lowest BCUT2D eigenvalue weighted by molar-refractivity contribution is -0.126. The summed E-state index contributed by atoms with van der Waals surface area (Å²) in [6.07, 6.45) is 4.61. The van der Waals surface area contributed by atoms with Crippen LogP contribution in [0.15, 0.2) is 4.91 Å². The van der Waals surface area contributed by atoms with Crippen molar-refractivity contribution in [3.05, 3.63) is 16.2 Å². The van der Waals surface area contributed by atoms with Gasteiger partial charge < -0.3 is 15.4 Å². The number of aromatic nitrogens is 2. The minimum Gasteiger partial charge on any atom is -0.475 e. The summed E-state index contributed by atoms with van der Waals surface area (Å²) < 4.78 is 32.0. The van der Waals surface area contributed by atoms with Crippen molar-refractivity contribution in [3.8, 4) is 5.88 Å². The molecule has 27 heavy (non-hydrogen) atoms. The first-order valence-electron chi connectivity index (χ1n) is 8.84. The van der Waals surface area contributed by atoms with E-state index < -0.39 is 15.9 Å². The van der Waals surface area contributed by atoms with E-state index in [0.29, 0.717) is 17.1 Å². The van der Waals surface area contributed by atoms with Crippen LogP contribution in [0.25, 0.3) is 6.08 Å². The lowest BCUT2D eigenvalue weighted by atomic mass is 9.96. The predicted molar refractivity (Wildman–Crippen MR) is 106 cm³/mol. The van der Waals surface area contributed by atoms with Gasteiger partial charge in [-0.05, 0) is 38.9 Å². The Morgan fingerprint density at radius 3 is 2.67 bits per heavy atom. The molecule has 1 aromatic rings. The molecule has 1 unspecified atom stereocenters. The van der Waals surface area contributed by atoms with Gasteiger partial charge in [0.2, 0.25) is 11.8 Å². The number of fused-ring (bicyclic) bond motifs is 1. The molecule has 3 rings (SSSR count). The van der Waals surface area contributed by atoms with Crippen LogP contribution in [0.3, 0.4) is 0 Å². The summed E-state index contributed by atoms with van der Waals surface area (Å²) in [5.74, 6) is 0.446. The van der Waals surface area contributed by atoms with Crippen molar-refractivity contribution in [1.82, 2.24) is 20.4 Å². The van der Waals surface area contributed by atoms with E-state index in [9.17, 15) is 13.2 Å². The molecule has 3 heterocycles. The maximum absolute atomic E-state index is 12.6. The molecule has 1 atom stereocenters. The average Bonchev–Trinajstić information content (AvgIpc) is 2.81. The van der Waals surface area contributed by atoms with E-state index in [2.05, 4.69) is 15.7 Å². The fraction of sp³-hybridized carbons (Fsp3) is 0.647. The second-order valence-electron chi connectivity index (χ2n) is 7.06. The Labute approximate surface area is 166 Å². The Bertz CT molecular complexity index is 828. The van der Waals surface area contributed by atoms with Crippen LogP contribution in [-0.4, -0.2) is 56.1 Å². The standard InChI is InChI=1S/C17H26N4O4S.ClH/c1-11-15-9-14(26(3,23)24)8-13(10-25-17(15)21(2)20-11)19-16(22)12-4-6-18-7-5-12;/h9,12-13,18H,4-8,10H2,1-3H3,(H,19,22);1H/b14-9+;. The monoisotopic (exact) mass is 418 g/mol. The summed E-state index contributed by atoms with van der Waals surface area (Å²) in [5, 5.41) is 10.5. The molecule has 0 bridgehead atoms. The number of ether oxygens (including phenoxy) is 1. The van der Waals surface area contributed by atoms with Gasteiger partial charge in [-0.25, -0.2) is 13.1 Å². The number of nitrogens with zero attached hydrogens (tertiary/aromatic N) is 2. The Morgan fingerprint density at radius 1 is 1.37 bits per heavy atom. The SMILES string of the molecule is Cc1nn(C)c2c1/C=C(/S(C)(=O)=O)CC(NC(=O)C1CCNCC1)CO2.Cl. The van der Waals surface area contributed by atoms with Crippen LogP contribution in [0.1, 0.15) is 30.5 Å². The number of piperidine rings is 1. The number of aryl methyl sites for hydroxylation is 2. The van der Waals surface area contributed by atoms with Gasteiger partial charge >= 0.3 is 0 Å². The van der Waals surface area contributed by atoms with Crippen molar-refractivity contribution in [2.45, 2.75) is 32.2 Å². The molecule has 0 aromatic carbocycles. The van der Waals surface area contributed by atoms with Gasteiger partial charge in [0.15, 0.2) is 9.84 Å². The van der Waals surface area contributed by atoms with E-state index in [1.165, 1.54) is 6.26 Å². The van der Waals surface area contributed by atoms with Crippen LogP contribution in [0, 0.1) is 12.8 Å². The number of hydrogen-bond donors (Lipinski definition) is 2. The number of hydrogen-bond acceptors (Lipinski definition) is 6. The summed E-state index contributed by atoms with van der Waals surface area (Å²) >= 11 is 0. The first-order chi connectivity index (χ1) is 12.3. The molecule has 2 aliphatic rings. The third kappa shape index (κ3) is 5.03. The van der Waals surface area contributed by atoms with Crippen LogP contribution < -0.4 is 15.4 Å². The van der Waals surface area contributed by atoms with Crippen molar-refractivity contribution in [2.75, 3.05) is 26.0 Å². The molecule has 2 aliphatic heterocycles. The molecule has 1 aromatic heterocycles. The minimum atomic E-state index is -3.40. The van der Waals surface area contributed by atoms with Gasteiger partial charge in [0.25, 0.3) is 0 Å². The minimum absolute atomic E-state index is 0. The Kier molecular flexibility index (Phi) is 6.93. The van der Waals surface area contributed by atoms with Crippen LogP contribution in [0.4, 0.5) is 0 Å². The first-order valence-corrected chi connectivity index (χ1v) is 10.7. The van der Waals surface area contributed by atoms with Gasteiger partial charge in [-0.3, -0.25) is 4.79 Å². The molecule has 0 spiro atoms. The number of rotatable bonds is 3. The average molecular weight is 419 g/mol. The fourth-order valence-corrected chi connectivity index (χ4v) is 4.28. The zero-order chi connectivity index (χ0) is 18.9. The molecular weight excluding hydrogens is 392 g/mol. The fourth-order valence-electron chi connectivity index (χ4n) is 3.45. The number of halogens is 1. The third-order valence-corrected chi connectivity index (χ3v) is 6.16. The molecule has 1 saturated heterocycles. The van der Waals surface area contributed by atoms with Crippen molar-refractivity contribution >= 4 is 34.2 Å². The Balaban J connectivity index is 0.00000261. The number of nitrogens with one attached hydrogen (secondary N) is 2. The number of sulfone groups is 1. The molecule has 2 N–H and O–H groups in total. The van der Waals surface area contributed by atoms with E-state index >= 15 is 0 Å². The summed E-state index contributed by atoms with van der Waals surface area (Å²) in [4.78, 5) is 12.8. The summed E-state index contributed by atoms with van der Waals surface area (Å²) in [6, 6.07) is -0.401. The van der Waals surface area contributed by atoms with Gasteiger partial charge in [0.05, 0.1) is 17.3 Å². The molecule has 0 radical (unpaired) electrons. The van der Waals surface area contributed by atoms with Crippen molar-refractivity contribution in [3.63, 3.8) is 0 Å². The quantitative estimate of drug-likeness (QED) is 0.752. The van der Waals surface area contributed by atoms with E-state index in [-0.39, 0.29) is 42.2 Å². The highest BCUT2D eigenvalue weighted by Crippen LogP contribution is 2.29. The molecule has 0 saturated carbocycles. The lowest BCUT2D eigenvalue weighted by Gasteiger charge is -2.27. The highest BCUT2D eigenvalue weighted by atomic mass is 35.5. The normalized spacial score (nSPS) is 22.9. The highest BCUT2D eigenvalue weighted by molar-refractivity contribution is 7.94. The summed E-state index contributed by atoms with van der Waals surface area (Å²) in [6.45, 7) is 3.67. The number of carbonyl (C=O) groups excluding carboxylic acids is 1. The maximum Gasteiger partial charge on any atom is 0.223 e. The summed E-state index contributed by atoms with van der Waals surface area (Å²) in [5.41, 5.74) is 1.39. The molecule has 152 valence electrons. The van der Waals surface area contributed by atoms with Crippen molar-refractivity contribution in [1.29, 1.82) is 0 Å². The molecule has 1 fully saturated rings. The topological polar surface area (TPSA) is 102 Å². The van der Waals surface area contributed by atoms with E-state index in [4.69, 9.17) is 4.74 Å². The smallest absolute Gasteiger partial charge is 0.223 e. The molecule has 1 amide bonds. The van der Waals surface area contributed by atoms with Crippen LogP contribution in [0.2, 0.25) is 0 Å².